The molecule has 0 saturated carbocycles. The molecular weight excluding hydrogens is 886 g/mol. The van der Waals surface area contributed by atoms with Crippen molar-refractivity contribution < 1.29 is 27.8 Å². The number of rotatable bonds is 10. The molecule has 6 heterocycles. The summed E-state index contributed by atoms with van der Waals surface area (Å²) < 4.78 is 29.4. The van der Waals surface area contributed by atoms with Crippen molar-refractivity contribution in [3.05, 3.63) is 119 Å². The van der Waals surface area contributed by atoms with Crippen molar-refractivity contribution in [2.45, 2.75) is 77.6 Å². The van der Waals surface area contributed by atoms with Crippen LogP contribution in [0.1, 0.15) is 64.0 Å². The zero-order chi connectivity index (χ0) is 46.8. The number of hydrogen-bond donors (Lipinski definition) is 1. The third-order valence-corrected chi connectivity index (χ3v) is 13.8. The topological polar surface area (TPSA) is 129 Å². The van der Waals surface area contributed by atoms with Gasteiger partial charge in [-0.2, -0.15) is 0 Å². The molecule has 4 aromatic heterocycles. The molecule has 0 spiro atoms. The summed E-state index contributed by atoms with van der Waals surface area (Å²) in [5, 5.41) is 6.89. The lowest BCUT2D eigenvalue weighted by Crippen LogP contribution is -2.39. The summed E-state index contributed by atoms with van der Waals surface area (Å²) in [6, 6.07) is 24.7. The second-order valence-electron chi connectivity index (χ2n) is 18.8. The Morgan fingerprint density at radius 2 is 1.18 bits per heavy atom. The molecule has 10 rings (SSSR count). The maximum absolute atomic E-state index is 12.2. The van der Waals surface area contributed by atoms with Crippen LogP contribution in [0.4, 0.5) is 0 Å². The number of esters is 1. The molecule has 4 aromatic carbocycles. The first-order valence-corrected chi connectivity index (χ1v) is 23.8. The Hall–Kier alpha value is -5.69. The Morgan fingerprint density at radius 1 is 0.672 bits per heavy atom. The lowest BCUT2D eigenvalue weighted by molar-refractivity contribution is -0.156. The summed E-state index contributed by atoms with van der Waals surface area (Å²) in [7, 11) is 3.37. The molecule has 0 amide bonds. The van der Waals surface area contributed by atoms with Crippen LogP contribution in [0, 0.1) is 5.92 Å². The van der Waals surface area contributed by atoms with E-state index in [-0.39, 0.29) is 5.97 Å². The van der Waals surface area contributed by atoms with Gasteiger partial charge in [0, 0.05) is 94.0 Å². The highest BCUT2D eigenvalue weighted by molar-refractivity contribution is 6.46. The summed E-state index contributed by atoms with van der Waals surface area (Å²) in [5.41, 5.74) is 11.2. The average molecular weight is 943 g/mol. The molecule has 13 heteroatoms. The number of carbonyl (C=O) groups excluding carboxylic acids is 1. The van der Waals surface area contributed by atoms with E-state index in [0.29, 0.717) is 40.7 Å². The van der Waals surface area contributed by atoms with Crippen LogP contribution in [0.3, 0.4) is 0 Å². The molecule has 348 valence electrons. The highest BCUT2D eigenvalue weighted by Crippen LogP contribution is 2.44. The van der Waals surface area contributed by atoms with E-state index < -0.39 is 5.60 Å². The summed E-state index contributed by atoms with van der Waals surface area (Å²) in [4.78, 5) is 25.9. The number of para-hydroxylation sites is 2. The van der Waals surface area contributed by atoms with Crippen molar-refractivity contribution >= 4 is 72.7 Å². The number of benzene rings is 4. The first-order valence-electron chi connectivity index (χ1n) is 23.0. The van der Waals surface area contributed by atoms with E-state index in [1.807, 2.05) is 87.9 Å². The fourth-order valence-corrected chi connectivity index (χ4v) is 9.94. The number of fused-ring (bicyclic) bond motifs is 4. The van der Waals surface area contributed by atoms with Crippen LogP contribution in [0.15, 0.2) is 106 Å². The number of halogens is 2. The average Bonchev–Trinajstić information content (AvgIpc) is 3.96. The fourth-order valence-electron chi connectivity index (χ4n) is 9.45. The lowest BCUT2D eigenvalue weighted by Gasteiger charge is -2.32. The van der Waals surface area contributed by atoms with E-state index in [1.54, 1.807) is 20.4 Å². The third kappa shape index (κ3) is 10.3. The predicted molar refractivity (Wildman–Crippen MR) is 268 cm³/mol. The van der Waals surface area contributed by atoms with Crippen LogP contribution >= 0.6 is 23.2 Å². The molecule has 67 heavy (non-hydrogen) atoms. The van der Waals surface area contributed by atoms with Crippen LogP contribution < -0.4 is 15.2 Å². The van der Waals surface area contributed by atoms with Crippen LogP contribution in [0.5, 0.6) is 11.5 Å². The molecular formula is C54H57Cl2N5O6. The van der Waals surface area contributed by atoms with Gasteiger partial charge in [-0.3, -0.25) is 24.6 Å². The van der Waals surface area contributed by atoms with Crippen molar-refractivity contribution in [1.29, 1.82) is 0 Å². The van der Waals surface area contributed by atoms with Crippen LogP contribution in [0.25, 0.3) is 66.1 Å². The van der Waals surface area contributed by atoms with Gasteiger partial charge in [-0.05, 0) is 126 Å². The Balaban J connectivity index is 0.000000170. The van der Waals surface area contributed by atoms with Crippen molar-refractivity contribution in [2.75, 3.05) is 40.4 Å². The number of carbonyl (C=O) groups is 1. The molecule has 0 radical (unpaired) electrons. The summed E-state index contributed by atoms with van der Waals surface area (Å²) >= 11 is 13.5. The van der Waals surface area contributed by atoms with Gasteiger partial charge < -0.3 is 28.8 Å². The summed E-state index contributed by atoms with van der Waals surface area (Å²) in [6.45, 7) is 10.9. The van der Waals surface area contributed by atoms with E-state index in [2.05, 4.69) is 44.0 Å². The first kappa shape index (κ1) is 46.4. The van der Waals surface area contributed by atoms with Crippen LogP contribution in [-0.4, -0.2) is 77.8 Å². The van der Waals surface area contributed by atoms with Gasteiger partial charge in [-0.25, -0.2) is 0 Å². The van der Waals surface area contributed by atoms with Gasteiger partial charge in [0.15, 0.2) is 11.5 Å². The molecule has 11 nitrogen and oxygen atoms in total. The van der Waals surface area contributed by atoms with Gasteiger partial charge in [0.2, 0.25) is 0 Å². The molecule has 0 atom stereocenters. The molecule has 2 aliphatic heterocycles. The maximum Gasteiger partial charge on any atom is 0.306 e. The number of piperidine rings is 2. The summed E-state index contributed by atoms with van der Waals surface area (Å²) in [5.74, 6) is 3.24. The molecule has 0 bridgehead atoms. The Bertz CT molecular complexity index is 2990. The highest BCUT2D eigenvalue weighted by Gasteiger charge is 2.27. The van der Waals surface area contributed by atoms with Gasteiger partial charge in [-0.15, -0.1) is 0 Å². The minimum atomic E-state index is -0.444. The Labute approximate surface area is 401 Å². The number of aromatic nitrogens is 2. The van der Waals surface area contributed by atoms with E-state index in [4.69, 9.17) is 52.0 Å². The largest absolute Gasteiger partial charge is 0.492 e. The van der Waals surface area contributed by atoms with E-state index in [0.717, 1.165) is 141 Å². The lowest BCUT2D eigenvalue weighted by atomic mass is 9.93. The number of nitrogens with two attached hydrogens (primary N) is 1. The Morgan fingerprint density at radius 3 is 1.73 bits per heavy atom. The van der Waals surface area contributed by atoms with E-state index in [1.165, 1.54) is 0 Å². The van der Waals surface area contributed by atoms with Gasteiger partial charge in [0.25, 0.3) is 0 Å². The van der Waals surface area contributed by atoms with Crippen molar-refractivity contribution in [2.24, 2.45) is 11.7 Å². The quantitative estimate of drug-likeness (QED) is 0.132. The summed E-state index contributed by atoms with van der Waals surface area (Å²) in [6.07, 6.45) is 11.7. The maximum atomic E-state index is 12.2. The number of pyridine rings is 2. The zero-order valence-corrected chi connectivity index (χ0v) is 40.3. The monoisotopic (exact) mass is 941 g/mol. The standard InChI is InChI=1S/C29H30Cl2N2O3.C25H27N3O3/c1-29(2,3)36-26(34)12-18-8-10-33(11-9-18)17-20-13-21-22(15-32-16-23(21)28(31)27(20)30)25-14-19-6-4-5-7-24(19)35-25;1-29-24-17(15-28-9-7-18(26)8-10-28)11-19-20(13-27-14-21(19)25(24)30-2)23-12-16-5-3-4-6-22(16)31-23/h4-7,13-16,18H,8-12,17H2,1-3H3;3-6,11-14,18H,7-10,15,26H2,1-2H3. The van der Waals surface area contributed by atoms with Gasteiger partial charge in [-0.1, -0.05) is 59.6 Å². The molecule has 2 N–H and O–H groups in total. The number of ether oxygens (including phenoxy) is 3. The number of furan rings is 2. The number of methoxy groups -OCH3 is 2. The Kier molecular flexibility index (Phi) is 13.8. The van der Waals surface area contributed by atoms with E-state index >= 15 is 0 Å². The van der Waals surface area contributed by atoms with Gasteiger partial charge in [0.1, 0.15) is 28.3 Å². The predicted octanol–water partition coefficient (Wildman–Crippen LogP) is 12.5. The van der Waals surface area contributed by atoms with Crippen molar-refractivity contribution in [3.63, 3.8) is 0 Å². The third-order valence-electron chi connectivity index (χ3n) is 12.9. The molecule has 2 aliphatic rings. The SMILES string of the molecule is CC(C)(C)OC(=O)CC1CCN(Cc2cc3c(-c4cc5ccccc5o4)cncc3c(Cl)c2Cl)CC1.COc1c(CN2CCC(N)CC2)cc2c(-c3cc4ccccc4o3)cncc2c1OC. The second kappa shape index (κ2) is 19.9. The molecule has 2 fully saturated rings. The highest BCUT2D eigenvalue weighted by atomic mass is 35.5. The number of likely N-dealkylation sites (tertiary alicyclic amines) is 2. The van der Waals surface area contributed by atoms with E-state index in [9.17, 15) is 4.79 Å². The van der Waals surface area contributed by atoms with Crippen molar-refractivity contribution in [1.82, 2.24) is 19.8 Å². The minimum absolute atomic E-state index is 0.114. The van der Waals surface area contributed by atoms with Crippen molar-refractivity contribution in [3.8, 4) is 34.1 Å². The normalized spacial score (nSPS) is 15.6. The smallest absolute Gasteiger partial charge is 0.306 e. The molecule has 2 saturated heterocycles. The van der Waals surface area contributed by atoms with Crippen LogP contribution in [0.2, 0.25) is 10.0 Å². The number of hydrogen-bond acceptors (Lipinski definition) is 11. The second-order valence-corrected chi connectivity index (χ2v) is 19.5. The fraction of sp³-hybridized carbons (Fsp3) is 0.352. The zero-order valence-electron chi connectivity index (χ0n) is 38.7. The van der Waals surface area contributed by atoms with Gasteiger partial charge in [0.05, 0.1) is 24.3 Å². The first-order chi connectivity index (χ1) is 32.3. The van der Waals surface area contributed by atoms with Crippen LogP contribution in [-0.2, 0) is 22.6 Å². The molecule has 0 unspecified atom stereocenters. The molecule has 8 aromatic rings. The number of nitrogens with zero attached hydrogens (tertiary/aromatic N) is 4. The molecule has 0 aliphatic carbocycles. The minimum Gasteiger partial charge on any atom is -0.492 e. The van der Waals surface area contributed by atoms with Gasteiger partial charge >= 0.3 is 5.97 Å².